The molecule has 0 fully saturated rings. The van der Waals surface area contributed by atoms with Crippen LogP contribution in [0.2, 0.25) is 0 Å². The minimum absolute atomic E-state index is 0.273. The van der Waals surface area contributed by atoms with E-state index in [0.29, 0.717) is 19.2 Å². The maximum atomic E-state index is 12.4. The highest BCUT2D eigenvalue weighted by Gasteiger charge is 2.27. The second-order valence-electron chi connectivity index (χ2n) is 6.24. The van der Waals surface area contributed by atoms with Crippen molar-refractivity contribution in [3.63, 3.8) is 0 Å². The van der Waals surface area contributed by atoms with Crippen molar-refractivity contribution in [3.8, 4) is 0 Å². The van der Waals surface area contributed by atoms with Gasteiger partial charge in [0.2, 0.25) is 10.0 Å². The molecule has 0 saturated carbocycles. The van der Waals surface area contributed by atoms with Crippen molar-refractivity contribution >= 4 is 10.0 Å². The number of methoxy groups -OCH3 is 1. The predicted molar refractivity (Wildman–Crippen MR) is 83.7 cm³/mol. The van der Waals surface area contributed by atoms with E-state index in [1.165, 1.54) is 0 Å². The number of hydrogen-bond donors (Lipinski definition) is 2. The number of aryl methyl sites for hydroxylation is 1. The molecule has 1 heterocycles. The van der Waals surface area contributed by atoms with Gasteiger partial charge in [-0.3, -0.25) is 0 Å². The van der Waals surface area contributed by atoms with Crippen molar-refractivity contribution in [1.82, 2.24) is 14.6 Å². The Bertz CT molecular complexity index is 562. The molecule has 0 bridgehead atoms. The zero-order chi connectivity index (χ0) is 16.3. The van der Waals surface area contributed by atoms with Gasteiger partial charge in [0.15, 0.2) is 0 Å². The van der Waals surface area contributed by atoms with Gasteiger partial charge in [0.1, 0.15) is 0 Å². The summed E-state index contributed by atoms with van der Waals surface area (Å²) in [6.45, 7) is 8.62. The molecule has 2 N–H and O–H groups in total. The topological polar surface area (TPSA) is 72.4 Å². The summed E-state index contributed by atoms with van der Waals surface area (Å²) in [4.78, 5) is 0.273. The summed E-state index contributed by atoms with van der Waals surface area (Å²) in [5.41, 5.74) is 0.272. The molecule has 0 aliphatic rings. The molecule has 1 rings (SSSR count). The predicted octanol–water partition coefficient (Wildman–Crippen LogP) is 1.23. The molecule has 0 aliphatic carbocycles. The van der Waals surface area contributed by atoms with Crippen molar-refractivity contribution in [2.75, 3.05) is 13.7 Å². The van der Waals surface area contributed by atoms with Gasteiger partial charge in [-0.25, -0.2) is 13.1 Å². The van der Waals surface area contributed by atoms with Crippen molar-refractivity contribution in [2.45, 2.75) is 50.7 Å². The van der Waals surface area contributed by atoms with E-state index in [4.69, 9.17) is 4.74 Å². The first kappa shape index (κ1) is 18.2. The van der Waals surface area contributed by atoms with Gasteiger partial charge in [-0.15, -0.1) is 0 Å². The molecule has 1 aromatic heterocycles. The van der Waals surface area contributed by atoms with Crippen molar-refractivity contribution in [2.24, 2.45) is 7.05 Å². The van der Waals surface area contributed by atoms with Crippen LogP contribution in [0.15, 0.2) is 17.2 Å². The lowest BCUT2D eigenvalue weighted by Crippen LogP contribution is -2.46. The number of ether oxygens (including phenoxy) is 1. The number of nitrogens with one attached hydrogen (secondary N) is 2. The third-order valence-electron chi connectivity index (χ3n) is 3.00. The van der Waals surface area contributed by atoms with Crippen LogP contribution in [0, 0.1) is 0 Å². The van der Waals surface area contributed by atoms with Gasteiger partial charge in [-0.2, -0.15) is 0 Å². The van der Waals surface area contributed by atoms with E-state index in [1.54, 1.807) is 33.2 Å². The van der Waals surface area contributed by atoms with Crippen molar-refractivity contribution < 1.29 is 13.2 Å². The molecule has 21 heavy (non-hydrogen) atoms. The fraction of sp³-hybridized carbons (Fsp3) is 0.714. The van der Waals surface area contributed by atoms with Crippen LogP contribution < -0.4 is 10.0 Å². The van der Waals surface area contributed by atoms with E-state index in [9.17, 15) is 8.42 Å². The van der Waals surface area contributed by atoms with Crippen LogP contribution in [-0.2, 0) is 28.4 Å². The Morgan fingerprint density at radius 3 is 2.52 bits per heavy atom. The van der Waals surface area contributed by atoms with Gasteiger partial charge in [0, 0.05) is 38.6 Å². The quantitative estimate of drug-likeness (QED) is 0.756. The van der Waals surface area contributed by atoms with E-state index in [-0.39, 0.29) is 4.90 Å². The summed E-state index contributed by atoms with van der Waals surface area (Å²) < 4.78 is 34.4. The highest BCUT2D eigenvalue weighted by Crippen LogP contribution is 2.16. The number of rotatable bonds is 8. The van der Waals surface area contributed by atoms with Gasteiger partial charge in [0.05, 0.1) is 17.0 Å². The number of sulfonamides is 1. The second kappa shape index (κ2) is 6.91. The molecule has 0 radical (unpaired) electrons. The van der Waals surface area contributed by atoms with E-state index in [2.05, 4.69) is 23.9 Å². The molecule has 7 heteroatoms. The molecular weight excluding hydrogens is 290 g/mol. The van der Waals surface area contributed by atoms with Gasteiger partial charge in [-0.1, -0.05) is 13.8 Å². The van der Waals surface area contributed by atoms with Gasteiger partial charge in [-0.05, 0) is 19.9 Å². The monoisotopic (exact) mass is 317 g/mol. The van der Waals surface area contributed by atoms with Crippen molar-refractivity contribution in [3.05, 3.63) is 18.0 Å². The third-order valence-corrected chi connectivity index (χ3v) is 4.67. The molecule has 0 atom stereocenters. The number of hydrogen-bond acceptors (Lipinski definition) is 4. The minimum atomic E-state index is -3.56. The Hall–Kier alpha value is -0.890. The fourth-order valence-electron chi connectivity index (χ4n) is 2.02. The summed E-state index contributed by atoms with van der Waals surface area (Å²) in [6.07, 6.45) is 1.63. The number of aromatic nitrogens is 1. The smallest absolute Gasteiger partial charge is 0.242 e. The van der Waals surface area contributed by atoms with Crippen LogP contribution in [0.4, 0.5) is 0 Å². The first-order valence-corrected chi connectivity index (χ1v) is 8.47. The molecule has 0 aromatic carbocycles. The summed E-state index contributed by atoms with van der Waals surface area (Å²) in [6, 6.07) is 2.04. The summed E-state index contributed by atoms with van der Waals surface area (Å²) in [5, 5.41) is 3.28. The lowest BCUT2D eigenvalue weighted by molar-refractivity contribution is 0.141. The summed E-state index contributed by atoms with van der Waals surface area (Å²) in [5.74, 6) is 0. The van der Waals surface area contributed by atoms with Crippen LogP contribution in [0.1, 0.15) is 33.4 Å². The standard InChI is InChI=1S/C14H27N3O3S/c1-11(2)15-8-12-7-13(9-17(12)5)21(18,19)16-14(3,4)10-20-6/h7,9,11,15-16H,8,10H2,1-6H3. The Morgan fingerprint density at radius 2 is 2.00 bits per heavy atom. The normalized spacial score (nSPS) is 13.1. The van der Waals surface area contributed by atoms with E-state index in [1.807, 2.05) is 11.6 Å². The first-order chi connectivity index (χ1) is 9.57. The molecular formula is C14H27N3O3S. The maximum absolute atomic E-state index is 12.4. The lowest BCUT2D eigenvalue weighted by atomic mass is 10.1. The maximum Gasteiger partial charge on any atom is 0.242 e. The van der Waals surface area contributed by atoms with E-state index < -0.39 is 15.6 Å². The van der Waals surface area contributed by atoms with Crippen LogP contribution in [0.25, 0.3) is 0 Å². The molecule has 0 spiro atoms. The molecule has 0 unspecified atom stereocenters. The lowest BCUT2D eigenvalue weighted by Gasteiger charge is -2.24. The molecule has 1 aromatic rings. The molecule has 122 valence electrons. The largest absolute Gasteiger partial charge is 0.383 e. The summed E-state index contributed by atoms with van der Waals surface area (Å²) in [7, 11) is -0.165. The Labute approximate surface area is 127 Å². The SMILES string of the molecule is COCC(C)(C)NS(=O)(=O)c1cc(CNC(C)C)n(C)c1. The Balaban J connectivity index is 2.92. The van der Waals surface area contributed by atoms with Gasteiger partial charge < -0.3 is 14.6 Å². The van der Waals surface area contributed by atoms with E-state index in [0.717, 1.165) is 5.69 Å². The highest BCUT2D eigenvalue weighted by molar-refractivity contribution is 7.89. The first-order valence-electron chi connectivity index (χ1n) is 6.99. The van der Waals surface area contributed by atoms with E-state index >= 15 is 0 Å². The summed E-state index contributed by atoms with van der Waals surface area (Å²) >= 11 is 0. The highest BCUT2D eigenvalue weighted by atomic mass is 32.2. The molecule has 0 aliphatic heterocycles. The fourth-order valence-corrected chi connectivity index (χ4v) is 3.51. The zero-order valence-corrected chi connectivity index (χ0v) is 14.5. The molecule has 6 nitrogen and oxygen atoms in total. The average molecular weight is 317 g/mol. The zero-order valence-electron chi connectivity index (χ0n) is 13.7. The average Bonchev–Trinajstić information content (AvgIpc) is 2.67. The second-order valence-corrected chi connectivity index (χ2v) is 7.92. The van der Waals surface area contributed by atoms with Crippen LogP contribution in [0.5, 0.6) is 0 Å². The Morgan fingerprint density at radius 1 is 1.38 bits per heavy atom. The number of nitrogens with zero attached hydrogens (tertiary/aromatic N) is 1. The van der Waals surface area contributed by atoms with Crippen LogP contribution >= 0.6 is 0 Å². The van der Waals surface area contributed by atoms with Crippen LogP contribution in [0.3, 0.4) is 0 Å². The Kier molecular flexibility index (Phi) is 5.98. The van der Waals surface area contributed by atoms with Crippen molar-refractivity contribution in [1.29, 1.82) is 0 Å². The van der Waals surface area contributed by atoms with Gasteiger partial charge >= 0.3 is 0 Å². The minimum Gasteiger partial charge on any atom is -0.383 e. The third kappa shape index (κ3) is 5.43. The van der Waals surface area contributed by atoms with Gasteiger partial charge in [0.25, 0.3) is 0 Å². The molecule has 0 amide bonds. The molecule has 0 saturated heterocycles. The van der Waals surface area contributed by atoms with Crippen LogP contribution in [-0.4, -0.2) is 38.3 Å².